The van der Waals surface area contributed by atoms with Crippen molar-refractivity contribution in [2.45, 2.75) is 18.2 Å². The van der Waals surface area contributed by atoms with E-state index in [1.807, 2.05) is 19.1 Å². The molecule has 2 N–H and O–H groups in total. The number of aryl methyl sites for hydroxylation is 1. The summed E-state index contributed by atoms with van der Waals surface area (Å²) in [6, 6.07) is 11.6. The van der Waals surface area contributed by atoms with Crippen LogP contribution in [-0.2, 0) is 10.1 Å². The van der Waals surface area contributed by atoms with Gasteiger partial charge < -0.3 is 5.32 Å². The fraction of sp³-hybridized carbons (Fsp3) is 0.235. The Morgan fingerprint density at radius 3 is 2.54 bits per heavy atom. The lowest BCUT2D eigenvalue weighted by molar-refractivity contribution is 0.243. The molecule has 0 aromatic heterocycles. The van der Waals surface area contributed by atoms with Crippen LogP contribution < -0.4 is 10.2 Å². The Kier molecular flexibility index (Phi) is 4.29. The maximum Gasteiger partial charge on any atom is 0.321 e. The lowest BCUT2D eigenvalue weighted by atomic mass is 10.00. The molecule has 1 fully saturated rings. The number of nitrogens with zero attached hydrogens (tertiary/aromatic N) is 1. The SMILES string of the molecule is Cc1ccccc1-c1cc(N2CCCNC2=O)ccc1S(=O)(=O)O. The normalized spacial score (nSPS) is 15.2. The van der Waals surface area contributed by atoms with Gasteiger partial charge in [0, 0.05) is 24.3 Å². The molecule has 7 heteroatoms. The van der Waals surface area contributed by atoms with Crippen LogP contribution in [-0.4, -0.2) is 32.1 Å². The molecule has 6 nitrogen and oxygen atoms in total. The Morgan fingerprint density at radius 2 is 1.88 bits per heavy atom. The lowest BCUT2D eigenvalue weighted by Gasteiger charge is -2.28. The van der Waals surface area contributed by atoms with Crippen molar-refractivity contribution in [1.29, 1.82) is 0 Å². The van der Waals surface area contributed by atoms with Gasteiger partial charge in [-0.05, 0) is 42.7 Å². The number of amides is 2. The van der Waals surface area contributed by atoms with E-state index < -0.39 is 10.1 Å². The number of carbonyl (C=O) groups excluding carboxylic acids is 1. The van der Waals surface area contributed by atoms with Crippen LogP contribution in [0.25, 0.3) is 11.1 Å². The molecule has 0 bridgehead atoms. The van der Waals surface area contributed by atoms with Crippen LogP contribution >= 0.6 is 0 Å². The molecule has 0 saturated carbocycles. The highest BCUT2D eigenvalue weighted by Crippen LogP contribution is 2.33. The second-order valence-electron chi connectivity index (χ2n) is 5.71. The van der Waals surface area contributed by atoms with Crippen molar-refractivity contribution in [3.8, 4) is 11.1 Å². The third kappa shape index (κ3) is 3.13. The third-order valence-corrected chi connectivity index (χ3v) is 4.98. The minimum Gasteiger partial charge on any atom is -0.338 e. The number of hydrogen-bond acceptors (Lipinski definition) is 3. The summed E-state index contributed by atoms with van der Waals surface area (Å²) in [5, 5.41) is 2.77. The molecule has 0 radical (unpaired) electrons. The molecule has 2 aromatic rings. The van der Waals surface area contributed by atoms with Crippen LogP contribution in [0.3, 0.4) is 0 Å². The lowest BCUT2D eigenvalue weighted by Crippen LogP contribution is -2.46. The van der Waals surface area contributed by atoms with Gasteiger partial charge in [0.2, 0.25) is 0 Å². The van der Waals surface area contributed by atoms with Crippen LogP contribution in [0.2, 0.25) is 0 Å². The van der Waals surface area contributed by atoms with Gasteiger partial charge in [0.15, 0.2) is 0 Å². The zero-order valence-electron chi connectivity index (χ0n) is 13.2. The molecule has 0 atom stereocenters. The molecule has 0 spiro atoms. The predicted molar refractivity (Wildman–Crippen MR) is 91.8 cm³/mol. The number of urea groups is 1. The number of rotatable bonds is 3. The molecule has 1 heterocycles. The summed E-state index contributed by atoms with van der Waals surface area (Å²) in [5.41, 5.74) is 2.55. The van der Waals surface area contributed by atoms with Crippen LogP contribution in [0.5, 0.6) is 0 Å². The van der Waals surface area contributed by atoms with Crippen molar-refractivity contribution in [3.05, 3.63) is 48.0 Å². The number of carbonyl (C=O) groups is 1. The Labute approximate surface area is 140 Å². The number of nitrogens with one attached hydrogen (secondary N) is 1. The first-order chi connectivity index (χ1) is 11.4. The molecule has 24 heavy (non-hydrogen) atoms. The minimum atomic E-state index is -4.38. The van der Waals surface area contributed by atoms with E-state index in [-0.39, 0.29) is 10.9 Å². The molecule has 126 valence electrons. The van der Waals surface area contributed by atoms with Crippen molar-refractivity contribution < 1.29 is 17.8 Å². The summed E-state index contributed by atoms with van der Waals surface area (Å²) in [5.74, 6) is 0. The van der Waals surface area contributed by atoms with Crippen LogP contribution in [0.15, 0.2) is 47.4 Å². The third-order valence-electron chi connectivity index (χ3n) is 4.07. The second-order valence-corrected chi connectivity index (χ2v) is 7.10. The van der Waals surface area contributed by atoms with E-state index in [0.29, 0.717) is 29.9 Å². The van der Waals surface area contributed by atoms with E-state index in [2.05, 4.69) is 5.32 Å². The van der Waals surface area contributed by atoms with Gasteiger partial charge in [-0.2, -0.15) is 8.42 Å². The fourth-order valence-electron chi connectivity index (χ4n) is 2.87. The highest BCUT2D eigenvalue weighted by molar-refractivity contribution is 7.86. The fourth-order valence-corrected chi connectivity index (χ4v) is 3.56. The van der Waals surface area contributed by atoms with E-state index >= 15 is 0 Å². The Morgan fingerprint density at radius 1 is 1.12 bits per heavy atom. The molecule has 1 aliphatic rings. The topological polar surface area (TPSA) is 86.7 Å². The van der Waals surface area contributed by atoms with E-state index in [1.165, 1.54) is 12.1 Å². The predicted octanol–water partition coefficient (Wildman–Crippen LogP) is 2.83. The molecule has 1 aliphatic heterocycles. The summed E-state index contributed by atoms with van der Waals surface area (Å²) < 4.78 is 33.1. The summed E-state index contributed by atoms with van der Waals surface area (Å²) >= 11 is 0. The molecule has 1 saturated heterocycles. The smallest absolute Gasteiger partial charge is 0.321 e. The van der Waals surface area contributed by atoms with Gasteiger partial charge in [0.1, 0.15) is 4.90 Å². The van der Waals surface area contributed by atoms with E-state index in [4.69, 9.17) is 0 Å². The van der Waals surface area contributed by atoms with Gasteiger partial charge in [-0.1, -0.05) is 24.3 Å². The first kappa shape index (κ1) is 16.5. The highest BCUT2D eigenvalue weighted by atomic mass is 32.2. The first-order valence-electron chi connectivity index (χ1n) is 7.61. The molecule has 0 unspecified atom stereocenters. The average molecular weight is 346 g/mol. The minimum absolute atomic E-state index is 0.169. The van der Waals surface area contributed by atoms with Gasteiger partial charge in [-0.25, -0.2) is 4.79 Å². The van der Waals surface area contributed by atoms with Crippen LogP contribution in [0, 0.1) is 6.92 Å². The monoisotopic (exact) mass is 346 g/mol. The number of anilines is 1. The Hall–Kier alpha value is -2.38. The molecule has 2 amide bonds. The van der Waals surface area contributed by atoms with E-state index in [1.54, 1.807) is 23.1 Å². The van der Waals surface area contributed by atoms with Crippen LogP contribution in [0.4, 0.5) is 10.5 Å². The van der Waals surface area contributed by atoms with Gasteiger partial charge in [-0.3, -0.25) is 9.45 Å². The summed E-state index contributed by atoms with van der Waals surface area (Å²) in [4.78, 5) is 13.4. The summed E-state index contributed by atoms with van der Waals surface area (Å²) in [6.45, 7) is 3.05. The average Bonchev–Trinajstić information content (AvgIpc) is 2.54. The van der Waals surface area contributed by atoms with Crippen LogP contribution in [0.1, 0.15) is 12.0 Å². The van der Waals surface area contributed by atoms with Gasteiger partial charge >= 0.3 is 6.03 Å². The first-order valence-corrected chi connectivity index (χ1v) is 9.05. The molecular weight excluding hydrogens is 328 g/mol. The zero-order valence-corrected chi connectivity index (χ0v) is 14.0. The van der Waals surface area contributed by atoms with Gasteiger partial charge in [-0.15, -0.1) is 0 Å². The summed E-state index contributed by atoms with van der Waals surface area (Å²) in [6.07, 6.45) is 0.811. The Bertz CT molecular complexity index is 893. The van der Waals surface area contributed by atoms with E-state index in [9.17, 15) is 17.8 Å². The van der Waals surface area contributed by atoms with Gasteiger partial charge in [0.05, 0.1) is 0 Å². The molecule has 2 aromatic carbocycles. The zero-order chi connectivity index (χ0) is 17.3. The van der Waals surface area contributed by atoms with E-state index in [0.717, 1.165) is 12.0 Å². The largest absolute Gasteiger partial charge is 0.338 e. The highest BCUT2D eigenvalue weighted by Gasteiger charge is 2.23. The van der Waals surface area contributed by atoms with Crippen molar-refractivity contribution in [2.75, 3.05) is 18.0 Å². The summed E-state index contributed by atoms with van der Waals surface area (Å²) in [7, 11) is -4.38. The number of benzene rings is 2. The Balaban J connectivity index is 2.18. The maximum absolute atomic E-state index is 12.0. The molecular formula is C17H18N2O4S. The maximum atomic E-state index is 12.0. The standard InChI is InChI=1S/C17H18N2O4S/c1-12-5-2-3-6-14(12)15-11-13(7-8-16(15)24(21,22)23)19-10-4-9-18-17(19)20/h2-3,5-8,11H,4,9-10H2,1H3,(H,18,20)(H,21,22,23). The van der Waals surface area contributed by atoms with Crippen molar-refractivity contribution >= 4 is 21.8 Å². The van der Waals surface area contributed by atoms with Gasteiger partial charge in [0.25, 0.3) is 10.1 Å². The molecule has 3 rings (SSSR count). The second kappa shape index (κ2) is 6.26. The van der Waals surface area contributed by atoms with Crippen molar-refractivity contribution in [1.82, 2.24) is 5.32 Å². The quantitative estimate of drug-likeness (QED) is 0.837. The number of hydrogen-bond donors (Lipinski definition) is 2. The van der Waals surface area contributed by atoms with Crippen molar-refractivity contribution in [2.24, 2.45) is 0 Å². The molecule has 0 aliphatic carbocycles. The van der Waals surface area contributed by atoms with Crippen molar-refractivity contribution in [3.63, 3.8) is 0 Å².